The SMILES string of the molecule is CN(C)[C@]1(C)C(=O)CCc2ccccc21. The highest BCUT2D eigenvalue weighted by Gasteiger charge is 2.40. The molecule has 1 aliphatic rings. The summed E-state index contributed by atoms with van der Waals surface area (Å²) in [6.07, 6.45) is 1.55. The Morgan fingerprint density at radius 1 is 1.20 bits per heavy atom. The van der Waals surface area contributed by atoms with Crippen LogP contribution in [0.5, 0.6) is 0 Å². The molecule has 0 radical (unpaired) electrons. The summed E-state index contributed by atoms with van der Waals surface area (Å²) in [5.74, 6) is 0.325. The second kappa shape index (κ2) is 3.46. The van der Waals surface area contributed by atoms with Crippen molar-refractivity contribution < 1.29 is 4.79 Å². The maximum Gasteiger partial charge on any atom is 0.157 e. The molecule has 0 bridgehead atoms. The first-order chi connectivity index (χ1) is 7.06. The normalized spacial score (nSPS) is 25.5. The molecule has 1 aromatic carbocycles. The van der Waals surface area contributed by atoms with Gasteiger partial charge in [0.1, 0.15) is 5.54 Å². The lowest BCUT2D eigenvalue weighted by Gasteiger charge is -2.39. The highest BCUT2D eigenvalue weighted by atomic mass is 16.1. The second-order valence-electron chi connectivity index (χ2n) is 4.55. The van der Waals surface area contributed by atoms with Gasteiger partial charge >= 0.3 is 0 Å². The Bertz CT molecular complexity index is 397. The molecule has 0 heterocycles. The lowest BCUT2D eigenvalue weighted by atomic mass is 9.76. The Labute approximate surface area is 90.9 Å². The molecule has 0 aromatic heterocycles. The van der Waals surface area contributed by atoms with Crippen LogP contribution >= 0.6 is 0 Å². The standard InChI is InChI=1S/C13H17NO/c1-13(14(2)3)11-7-5-4-6-10(11)8-9-12(13)15/h4-7H,8-9H2,1-3H3/t13-/m0/s1. The van der Waals surface area contributed by atoms with Crippen molar-refractivity contribution in [2.45, 2.75) is 25.3 Å². The summed E-state index contributed by atoms with van der Waals surface area (Å²) in [5.41, 5.74) is 2.05. The Balaban J connectivity index is 2.60. The Morgan fingerprint density at radius 3 is 2.53 bits per heavy atom. The monoisotopic (exact) mass is 203 g/mol. The van der Waals surface area contributed by atoms with Crippen LogP contribution in [0.25, 0.3) is 0 Å². The van der Waals surface area contributed by atoms with Crippen LogP contribution in [0.2, 0.25) is 0 Å². The fourth-order valence-electron chi connectivity index (χ4n) is 2.35. The number of hydrogen-bond acceptors (Lipinski definition) is 2. The molecule has 0 saturated carbocycles. The number of carbonyl (C=O) groups excluding carboxylic acids is 1. The zero-order valence-corrected chi connectivity index (χ0v) is 9.58. The van der Waals surface area contributed by atoms with Crippen molar-refractivity contribution in [3.05, 3.63) is 35.4 Å². The molecule has 2 nitrogen and oxygen atoms in total. The number of aryl methyl sites for hydroxylation is 1. The van der Waals surface area contributed by atoms with Crippen LogP contribution in [-0.4, -0.2) is 24.8 Å². The van der Waals surface area contributed by atoms with E-state index in [9.17, 15) is 4.79 Å². The van der Waals surface area contributed by atoms with Crippen molar-refractivity contribution >= 4 is 5.78 Å². The van der Waals surface area contributed by atoms with Gasteiger partial charge in [-0.1, -0.05) is 24.3 Å². The second-order valence-corrected chi connectivity index (χ2v) is 4.55. The molecule has 0 spiro atoms. The molecule has 0 amide bonds. The average Bonchev–Trinajstić information content (AvgIpc) is 2.23. The first kappa shape index (κ1) is 10.4. The van der Waals surface area contributed by atoms with E-state index >= 15 is 0 Å². The lowest BCUT2D eigenvalue weighted by Crippen LogP contribution is -2.48. The van der Waals surface area contributed by atoms with E-state index in [1.807, 2.05) is 38.1 Å². The smallest absolute Gasteiger partial charge is 0.157 e. The van der Waals surface area contributed by atoms with E-state index in [1.165, 1.54) is 11.1 Å². The number of hydrogen-bond donors (Lipinski definition) is 0. The van der Waals surface area contributed by atoms with Gasteiger partial charge in [-0.25, -0.2) is 0 Å². The zero-order valence-electron chi connectivity index (χ0n) is 9.58. The largest absolute Gasteiger partial charge is 0.297 e. The number of Topliss-reactive ketones (excluding diaryl/α,β-unsaturated/α-hetero) is 1. The Hall–Kier alpha value is -1.15. The predicted octanol–water partition coefficient (Wildman–Crippen LogP) is 1.98. The first-order valence-corrected chi connectivity index (χ1v) is 5.36. The number of nitrogens with zero attached hydrogens (tertiary/aromatic N) is 1. The maximum absolute atomic E-state index is 12.1. The number of rotatable bonds is 1. The third-order valence-electron chi connectivity index (χ3n) is 3.60. The van der Waals surface area contributed by atoms with E-state index < -0.39 is 5.54 Å². The van der Waals surface area contributed by atoms with Crippen molar-refractivity contribution in [2.24, 2.45) is 0 Å². The molecular weight excluding hydrogens is 186 g/mol. The summed E-state index contributed by atoms with van der Waals surface area (Å²) in [5, 5.41) is 0. The quantitative estimate of drug-likeness (QED) is 0.695. The molecule has 0 saturated heterocycles. The van der Waals surface area contributed by atoms with Gasteiger partial charge in [-0.05, 0) is 38.6 Å². The number of benzene rings is 1. The fourth-order valence-corrected chi connectivity index (χ4v) is 2.35. The molecular formula is C13H17NO. The van der Waals surface area contributed by atoms with E-state index in [0.29, 0.717) is 12.2 Å². The highest BCUT2D eigenvalue weighted by molar-refractivity contribution is 5.91. The number of carbonyl (C=O) groups is 1. The van der Waals surface area contributed by atoms with Crippen LogP contribution in [0, 0.1) is 0 Å². The fraction of sp³-hybridized carbons (Fsp3) is 0.462. The summed E-state index contributed by atoms with van der Waals surface area (Å²) < 4.78 is 0. The van der Waals surface area contributed by atoms with Crippen molar-refractivity contribution in [1.29, 1.82) is 0 Å². The van der Waals surface area contributed by atoms with E-state index in [4.69, 9.17) is 0 Å². The summed E-state index contributed by atoms with van der Waals surface area (Å²) in [4.78, 5) is 14.1. The van der Waals surface area contributed by atoms with Gasteiger partial charge in [0.2, 0.25) is 0 Å². The molecule has 80 valence electrons. The molecule has 2 rings (SSSR count). The summed E-state index contributed by atoms with van der Waals surface area (Å²) in [6, 6.07) is 8.26. The number of fused-ring (bicyclic) bond motifs is 1. The Morgan fingerprint density at radius 2 is 1.87 bits per heavy atom. The van der Waals surface area contributed by atoms with Crippen molar-refractivity contribution in [3.8, 4) is 0 Å². The summed E-state index contributed by atoms with van der Waals surface area (Å²) in [6.45, 7) is 2.02. The molecule has 0 fully saturated rings. The molecule has 15 heavy (non-hydrogen) atoms. The molecule has 0 N–H and O–H groups in total. The van der Waals surface area contributed by atoms with E-state index in [2.05, 4.69) is 12.1 Å². The topological polar surface area (TPSA) is 20.3 Å². The van der Waals surface area contributed by atoms with Crippen LogP contribution in [-0.2, 0) is 16.8 Å². The van der Waals surface area contributed by atoms with Crippen LogP contribution in [0.3, 0.4) is 0 Å². The molecule has 0 unspecified atom stereocenters. The molecule has 2 heteroatoms. The van der Waals surface area contributed by atoms with Gasteiger partial charge in [0, 0.05) is 6.42 Å². The summed E-state index contributed by atoms with van der Waals surface area (Å²) >= 11 is 0. The van der Waals surface area contributed by atoms with E-state index in [0.717, 1.165) is 6.42 Å². The van der Waals surface area contributed by atoms with Crippen molar-refractivity contribution in [3.63, 3.8) is 0 Å². The number of likely N-dealkylation sites (N-methyl/N-ethyl adjacent to an activating group) is 1. The zero-order chi connectivity index (χ0) is 11.1. The number of ketones is 1. The van der Waals surface area contributed by atoms with Gasteiger partial charge in [-0.15, -0.1) is 0 Å². The third kappa shape index (κ3) is 1.40. The van der Waals surface area contributed by atoms with E-state index in [-0.39, 0.29) is 0 Å². The van der Waals surface area contributed by atoms with Gasteiger partial charge in [0.05, 0.1) is 0 Å². The van der Waals surface area contributed by atoms with Gasteiger partial charge in [-0.3, -0.25) is 9.69 Å². The minimum Gasteiger partial charge on any atom is -0.297 e. The third-order valence-corrected chi connectivity index (χ3v) is 3.60. The molecule has 1 atom stereocenters. The van der Waals surface area contributed by atoms with Crippen molar-refractivity contribution in [2.75, 3.05) is 14.1 Å². The highest BCUT2D eigenvalue weighted by Crippen LogP contribution is 2.35. The first-order valence-electron chi connectivity index (χ1n) is 5.36. The molecule has 0 aliphatic heterocycles. The minimum absolute atomic E-state index is 0.325. The molecule has 1 aromatic rings. The lowest BCUT2D eigenvalue weighted by molar-refractivity contribution is -0.130. The van der Waals surface area contributed by atoms with Crippen molar-refractivity contribution in [1.82, 2.24) is 4.90 Å². The van der Waals surface area contributed by atoms with Gasteiger partial charge in [0.25, 0.3) is 0 Å². The van der Waals surface area contributed by atoms with Gasteiger partial charge in [0.15, 0.2) is 5.78 Å². The maximum atomic E-state index is 12.1. The van der Waals surface area contributed by atoms with E-state index in [1.54, 1.807) is 0 Å². The minimum atomic E-state index is -0.436. The summed E-state index contributed by atoms with van der Waals surface area (Å²) in [7, 11) is 3.94. The van der Waals surface area contributed by atoms with Gasteiger partial charge < -0.3 is 0 Å². The van der Waals surface area contributed by atoms with Crippen LogP contribution < -0.4 is 0 Å². The van der Waals surface area contributed by atoms with Crippen LogP contribution in [0.15, 0.2) is 24.3 Å². The predicted molar refractivity (Wildman–Crippen MR) is 60.8 cm³/mol. The van der Waals surface area contributed by atoms with Crippen LogP contribution in [0.1, 0.15) is 24.5 Å². The van der Waals surface area contributed by atoms with Crippen LogP contribution in [0.4, 0.5) is 0 Å². The molecule has 1 aliphatic carbocycles. The average molecular weight is 203 g/mol. The Kier molecular flexibility index (Phi) is 2.39. The van der Waals surface area contributed by atoms with Gasteiger partial charge in [-0.2, -0.15) is 0 Å².